The van der Waals surface area contributed by atoms with Crippen LogP contribution in [-0.4, -0.2) is 18.3 Å². The summed E-state index contributed by atoms with van der Waals surface area (Å²) in [4.78, 5) is 3.64. The van der Waals surface area contributed by atoms with Gasteiger partial charge in [-0.25, -0.2) is 4.21 Å². The Hall–Kier alpha value is -1.35. The predicted octanol–water partition coefficient (Wildman–Crippen LogP) is 3.73. The monoisotopic (exact) mass is 275 g/mol. The van der Waals surface area contributed by atoms with Gasteiger partial charge in [-0.2, -0.15) is 0 Å². The smallest absolute Gasteiger partial charge is 0.0829 e. The fourth-order valence-corrected chi connectivity index (χ4v) is 4.02. The molecule has 0 heterocycles. The van der Waals surface area contributed by atoms with Crippen LogP contribution in [0, 0.1) is 5.92 Å². The molecule has 2 nitrogen and oxygen atoms in total. The lowest BCUT2D eigenvalue weighted by atomic mass is 10.1. The van der Waals surface area contributed by atoms with Gasteiger partial charge in [-0.3, -0.25) is 0 Å². The SMILES string of the molecule is C=C1CCC[C@@H]1C(=C)S(=O)c1ccccc1N(C)C. The van der Waals surface area contributed by atoms with Crippen LogP contribution >= 0.6 is 0 Å². The quantitative estimate of drug-likeness (QED) is 0.780. The molecule has 3 heteroatoms. The highest BCUT2D eigenvalue weighted by molar-refractivity contribution is 7.89. The number of anilines is 1. The Morgan fingerprint density at radius 2 is 2.05 bits per heavy atom. The third-order valence-corrected chi connectivity index (χ3v) is 5.16. The van der Waals surface area contributed by atoms with Gasteiger partial charge in [0.15, 0.2) is 0 Å². The van der Waals surface area contributed by atoms with Gasteiger partial charge in [0.05, 0.1) is 21.4 Å². The number of allylic oxidation sites excluding steroid dienone is 2. The number of rotatable bonds is 4. The molecule has 1 aliphatic rings. The van der Waals surface area contributed by atoms with Crippen LogP contribution in [0.3, 0.4) is 0 Å². The van der Waals surface area contributed by atoms with Crippen molar-refractivity contribution in [2.45, 2.75) is 24.2 Å². The van der Waals surface area contributed by atoms with Crippen LogP contribution < -0.4 is 4.90 Å². The molecule has 0 bridgehead atoms. The first-order chi connectivity index (χ1) is 9.02. The second-order valence-electron chi connectivity index (χ2n) is 5.20. The van der Waals surface area contributed by atoms with E-state index < -0.39 is 10.8 Å². The molecule has 0 spiro atoms. The summed E-state index contributed by atoms with van der Waals surface area (Å²) < 4.78 is 12.7. The molecule has 0 saturated heterocycles. The second kappa shape index (κ2) is 5.74. The van der Waals surface area contributed by atoms with Crippen molar-refractivity contribution in [2.75, 3.05) is 19.0 Å². The van der Waals surface area contributed by atoms with E-state index >= 15 is 0 Å². The van der Waals surface area contributed by atoms with E-state index in [1.807, 2.05) is 43.3 Å². The molecular formula is C16H21NOS. The van der Waals surface area contributed by atoms with Gasteiger partial charge in [0.2, 0.25) is 0 Å². The summed E-state index contributed by atoms with van der Waals surface area (Å²) >= 11 is 0. The van der Waals surface area contributed by atoms with E-state index in [4.69, 9.17) is 0 Å². The Bertz CT molecular complexity index is 533. The molecule has 0 N–H and O–H groups in total. The molecule has 1 fully saturated rings. The fourth-order valence-electron chi connectivity index (χ4n) is 2.55. The third-order valence-electron chi connectivity index (χ3n) is 3.66. The molecule has 1 unspecified atom stereocenters. The predicted molar refractivity (Wildman–Crippen MR) is 82.8 cm³/mol. The molecule has 1 aliphatic carbocycles. The zero-order valence-electron chi connectivity index (χ0n) is 11.7. The summed E-state index contributed by atoms with van der Waals surface area (Å²) in [5.41, 5.74) is 2.17. The molecule has 0 radical (unpaired) electrons. The lowest BCUT2D eigenvalue weighted by Crippen LogP contribution is -2.14. The van der Waals surface area contributed by atoms with Crippen LogP contribution in [0.2, 0.25) is 0 Å². The first kappa shape index (κ1) is 14.1. The molecule has 2 rings (SSSR count). The van der Waals surface area contributed by atoms with Gasteiger partial charge in [-0.1, -0.05) is 30.9 Å². The minimum Gasteiger partial charge on any atom is -0.377 e. The largest absolute Gasteiger partial charge is 0.377 e. The van der Waals surface area contributed by atoms with Crippen molar-refractivity contribution in [1.82, 2.24) is 0 Å². The van der Waals surface area contributed by atoms with Gasteiger partial charge in [0, 0.05) is 24.9 Å². The van der Waals surface area contributed by atoms with Crippen molar-refractivity contribution >= 4 is 16.5 Å². The van der Waals surface area contributed by atoms with Crippen LogP contribution in [0.1, 0.15) is 19.3 Å². The molecular weight excluding hydrogens is 254 g/mol. The van der Waals surface area contributed by atoms with Crippen molar-refractivity contribution < 1.29 is 4.21 Å². The van der Waals surface area contributed by atoms with Crippen LogP contribution in [0.5, 0.6) is 0 Å². The highest BCUT2D eigenvalue weighted by atomic mass is 32.2. The third kappa shape index (κ3) is 2.81. The Balaban J connectivity index is 2.29. The van der Waals surface area contributed by atoms with E-state index in [0.717, 1.165) is 34.8 Å². The van der Waals surface area contributed by atoms with Crippen molar-refractivity contribution in [1.29, 1.82) is 0 Å². The van der Waals surface area contributed by atoms with Crippen LogP contribution in [0.15, 0.2) is 52.8 Å². The highest BCUT2D eigenvalue weighted by Gasteiger charge is 2.26. The lowest BCUT2D eigenvalue weighted by molar-refractivity contribution is 0.677. The molecule has 1 saturated carbocycles. The van der Waals surface area contributed by atoms with Crippen molar-refractivity contribution in [2.24, 2.45) is 5.92 Å². The van der Waals surface area contributed by atoms with Gasteiger partial charge >= 0.3 is 0 Å². The summed E-state index contributed by atoms with van der Waals surface area (Å²) in [5, 5.41) is 0. The number of hydrogen-bond acceptors (Lipinski definition) is 2. The Morgan fingerprint density at radius 1 is 1.37 bits per heavy atom. The standard InChI is InChI=1S/C16H21NOS/c1-12-8-7-9-14(12)13(2)19(18)16-11-6-5-10-15(16)17(3)4/h5-6,10-11,14H,1-2,7-9H2,3-4H3/t14-,19?/m0/s1. The molecule has 19 heavy (non-hydrogen) atoms. The van der Waals surface area contributed by atoms with Gasteiger partial charge < -0.3 is 4.90 Å². The second-order valence-corrected chi connectivity index (χ2v) is 6.70. The summed E-state index contributed by atoms with van der Waals surface area (Å²) in [6.07, 6.45) is 3.21. The number of benzene rings is 1. The first-order valence-electron chi connectivity index (χ1n) is 6.57. The van der Waals surface area contributed by atoms with Crippen LogP contribution in [0.4, 0.5) is 5.69 Å². The van der Waals surface area contributed by atoms with Crippen molar-refractivity contribution in [3.05, 3.63) is 47.9 Å². The number of nitrogens with zero attached hydrogens (tertiary/aromatic N) is 1. The Morgan fingerprint density at radius 3 is 2.63 bits per heavy atom. The van der Waals surface area contributed by atoms with E-state index in [1.54, 1.807) is 0 Å². The molecule has 0 aromatic heterocycles. The molecule has 1 aromatic rings. The maximum atomic E-state index is 12.7. The highest BCUT2D eigenvalue weighted by Crippen LogP contribution is 2.38. The Kier molecular flexibility index (Phi) is 4.25. The summed E-state index contributed by atoms with van der Waals surface area (Å²) in [6.45, 7) is 8.17. The maximum absolute atomic E-state index is 12.7. The maximum Gasteiger partial charge on any atom is 0.0829 e. The van der Waals surface area contributed by atoms with Crippen LogP contribution in [-0.2, 0) is 10.8 Å². The van der Waals surface area contributed by atoms with E-state index in [-0.39, 0.29) is 5.92 Å². The van der Waals surface area contributed by atoms with Gasteiger partial charge in [-0.15, -0.1) is 0 Å². The van der Waals surface area contributed by atoms with E-state index in [9.17, 15) is 4.21 Å². The van der Waals surface area contributed by atoms with Gasteiger partial charge in [0.25, 0.3) is 0 Å². The van der Waals surface area contributed by atoms with Gasteiger partial charge in [-0.05, 0) is 31.4 Å². The molecule has 102 valence electrons. The minimum atomic E-state index is -1.17. The average molecular weight is 275 g/mol. The van der Waals surface area contributed by atoms with E-state index in [0.29, 0.717) is 0 Å². The minimum absolute atomic E-state index is 0.219. The topological polar surface area (TPSA) is 20.3 Å². The lowest BCUT2D eigenvalue weighted by Gasteiger charge is -2.20. The zero-order valence-corrected chi connectivity index (χ0v) is 12.5. The zero-order chi connectivity index (χ0) is 14.0. The average Bonchev–Trinajstić information content (AvgIpc) is 2.83. The Labute approximate surface area is 118 Å². The summed E-state index contributed by atoms with van der Waals surface area (Å²) in [7, 11) is 2.76. The number of para-hydroxylation sites is 1. The van der Waals surface area contributed by atoms with Crippen LogP contribution in [0.25, 0.3) is 0 Å². The van der Waals surface area contributed by atoms with E-state index in [1.165, 1.54) is 5.57 Å². The fraction of sp³-hybridized carbons (Fsp3) is 0.375. The summed E-state index contributed by atoms with van der Waals surface area (Å²) in [6, 6.07) is 7.81. The van der Waals surface area contributed by atoms with Crippen molar-refractivity contribution in [3.8, 4) is 0 Å². The van der Waals surface area contributed by atoms with Gasteiger partial charge in [0.1, 0.15) is 0 Å². The first-order valence-corrected chi connectivity index (χ1v) is 7.72. The molecule has 1 aromatic carbocycles. The van der Waals surface area contributed by atoms with E-state index in [2.05, 4.69) is 13.2 Å². The molecule has 0 amide bonds. The van der Waals surface area contributed by atoms with Crippen molar-refractivity contribution in [3.63, 3.8) is 0 Å². The molecule has 0 aliphatic heterocycles. The normalized spacial score (nSPS) is 20.3. The summed E-state index contributed by atoms with van der Waals surface area (Å²) in [5.74, 6) is 0.219. The molecule has 2 atom stereocenters. The number of hydrogen-bond donors (Lipinski definition) is 0.